The molecule has 0 saturated carbocycles. The average molecular weight is 414 g/mol. The number of hydrogen-bond donors (Lipinski definition) is 0. The Morgan fingerprint density at radius 1 is 1.10 bits per heavy atom. The Morgan fingerprint density at radius 2 is 1.90 bits per heavy atom. The van der Waals surface area contributed by atoms with Gasteiger partial charge in [-0.2, -0.15) is 8.42 Å². The van der Waals surface area contributed by atoms with E-state index in [2.05, 4.69) is 0 Å². The molecule has 7 heteroatoms. The smallest absolute Gasteiger partial charge is 0.306 e. The average Bonchev–Trinajstić information content (AvgIpc) is 2.64. The fourth-order valence-corrected chi connectivity index (χ4v) is 3.88. The van der Waals surface area contributed by atoms with Gasteiger partial charge in [0.1, 0.15) is 35.2 Å². The van der Waals surface area contributed by atoms with Crippen LogP contribution >= 0.6 is 0 Å². The van der Waals surface area contributed by atoms with E-state index in [1.54, 1.807) is 25.3 Å². The van der Waals surface area contributed by atoms with Crippen LogP contribution in [0.3, 0.4) is 0 Å². The Hall–Kier alpha value is -2.93. The predicted octanol–water partition coefficient (Wildman–Crippen LogP) is 4.15. The van der Waals surface area contributed by atoms with Gasteiger partial charge in [0.25, 0.3) is 0 Å². The number of methoxy groups -OCH3 is 1. The minimum atomic E-state index is -3.59. The van der Waals surface area contributed by atoms with Gasteiger partial charge in [-0.25, -0.2) is 0 Å². The molecule has 29 heavy (non-hydrogen) atoms. The lowest BCUT2D eigenvalue weighted by Gasteiger charge is -2.29. The first-order valence-corrected chi connectivity index (χ1v) is 10.9. The predicted molar refractivity (Wildman–Crippen MR) is 112 cm³/mol. The molecule has 0 atom stereocenters. The van der Waals surface area contributed by atoms with Gasteiger partial charge in [-0.1, -0.05) is 0 Å². The molecule has 152 valence electrons. The largest absolute Gasteiger partial charge is 0.495 e. The van der Waals surface area contributed by atoms with Crippen LogP contribution in [0.25, 0.3) is 17.7 Å². The molecule has 0 radical (unpaired) electrons. The van der Waals surface area contributed by atoms with Crippen molar-refractivity contribution in [2.75, 3.05) is 20.0 Å². The molecule has 0 amide bonds. The molecule has 2 aromatic rings. The maximum Gasteiger partial charge on any atom is 0.306 e. The summed E-state index contributed by atoms with van der Waals surface area (Å²) in [5.74, 6) is 2.29. The molecular formula is C22H22O6S. The molecule has 0 N–H and O–H groups in total. The third kappa shape index (κ3) is 3.96. The second-order valence-electron chi connectivity index (χ2n) is 7.54. The highest BCUT2D eigenvalue weighted by Gasteiger charge is 2.26. The van der Waals surface area contributed by atoms with Gasteiger partial charge < -0.3 is 18.4 Å². The zero-order chi connectivity index (χ0) is 20.8. The highest BCUT2D eigenvalue weighted by atomic mass is 32.2. The Labute approximate surface area is 170 Å². The van der Waals surface area contributed by atoms with Gasteiger partial charge in [-0.05, 0) is 56.3 Å². The van der Waals surface area contributed by atoms with Gasteiger partial charge in [-0.15, -0.1) is 0 Å². The standard InChI is InChI=1S/C22H22O6S/c1-22(2)10-9-18-19(27-22)8-7-17(21(18)25-3)15-11-14-5-6-16(28-29(4,23)24)12-20(14)26-13-15/h5-12H,13H2,1-4H3. The van der Waals surface area contributed by atoms with Crippen LogP contribution in [0.15, 0.2) is 36.4 Å². The maximum absolute atomic E-state index is 11.3. The van der Waals surface area contributed by atoms with Gasteiger partial charge in [0.15, 0.2) is 0 Å². The Morgan fingerprint density at radius 3 is 2.62 bits per heavy atom. The first kappa shape index (κ1) is 19.4. The lowest BCUT2D eigenvalue weighted by atomic mass is 9.95. The van der Waals surface area contributed by atoms with Gasteiger partial charge in [0.05, 0.1) is 18.9 Å². The van der Waals surface area contributed by atoms with Crippen LogP contribution in [0.1, 0.15) is 30.5 Å². The van der Waals surface area contributed by atoms with E-state index in [1.807, 2.05) is 44.2 Å². The van der Waals surface area contributed by atoms with E-state index in [9.17, 15) is 8.42 Å². The molecule has 2 aliphatic heterocycles. The van der Waals surface area contributed by atoms with Crippen LogP contribution in [0.5, 0.6) is 23.0 Å². The number of fused-ring (bicyclic) bond motifs is 2. The summed E-state index contributed by atoms with van der Waals surface area (Å²) in [5.41, 5.74) is 3.23. The molecule has 0 aliphatic carbocycles. The summed E-state index contributed by atoms with van der Waals surface area (Å²) in [6.07, 6.45) is 7.04. The minimum absolute atomic E-state index is 0.222. The molecule has 2 heterocycles. The molecule has 0 spiro atoms. The molecule has 6 nitrogen and oxygen atoms in total. The third-order valence-corrected chi connectivity index (χ3v) is 5.17. The van der Waals surface area contributed by atoms with E-state index in [1.165, 1.54) is 0 Å². The van der Waals surface area contributed by atoms with Crippen LogP contribution < -0.4 is 18.4 Å². The van der Waals surface area contributed by atoms with Crippen LogP contribution in [0.4, 0.5) is 0 Å². The number of hydrogen-bond acceptors (Lipinski definition) is 6. The Kier molecular flexibility index (Phi) is 4.58. The fourth-order valence-electron chi connectivity index (χ4n) is 3.43. The SMILES string of the molecule is COc1c(C2=Cc3ccc(OS(C)(=O)=O)cc3OC2)ccc2c1C=CC(C)(C)O2. The normalized spacial score (nSPS) is 16.6. The van der Waals surface area contributed by atoms with E-state index >= 15 is 0 Å². The minimum Gasteiger partial charge on any atom is -0.495 e. The molecule has 0 aromatic heterocycles. The Balaban J connectivity index is 1.72. The van der Waals surface area contributed by atoms with Crippen molar-refractivity contribution in [3.8, 4) is 23.0 Å². The van der Waals surface area contributed by atoms with E-state index in [0.29, 0.717) is 12.4 Å². The zero-order valence-electron chi connectivity index (χ0n) is 16.7. The molecule has 0 unspecified atom stereocenters. The first-order chi connectivity index (χ1) is 13.6. The van der Waals surface area contributed by atoms with Crippen molar-refractivity contribution in [3.05, 3.63) is 53.1 Å². The van der Waals surface area contributed by atoms with Crippen LogP contribution in [-0.4, -0.2) is 34.0 Å². The van der Waals surface area contributed by atoms with Crippen molar-refractivity contribution in [2.45, 2.75) is 19.4 Å². The quantitative estimate of drug-likeness (QED) is 0.700. The molecule has 0 saturated heterocycles. The highest BCUT2D eigenvalue weighted by Crippen LogP contribution is 2.43. The van der Waals surface area contributed by atoms with Gasteiger partial charge in [0, 0.05) is 22.8 Å². The van der Waals surface area contributed by atoms with Crippen molar-refractivity contribution in [1.29, 1.82) is 0 Å². The van der Waals surface area contributed by atoms with Crippen molar-refractivity contribution in [2.24, 2.45) is 0 Å². The maximum atomic E-state index is 11.3. The summed E-state index contributed by atoms with van der Waals surface area (Å²) in [4.78, 5) is 0. The monoisotopic (exact) mass is 414 g/mol. The molecule has 0 fully saturated rings. The van der Waals surface area contributed by atoms with E-state index in [4.69, 9.17) is 18.4 Å². The summed E-state index contributed by atoms with van der Waals surface area (Å²) < 4.78 is 45.2. The number of ether oxygens (including phenoxy) is 3. The topological polar surface area (TPSA) is 71.1 Å². The van der Waals surface area contributed by atoms with E-state index in [-0.39, 0.29) is 11.4 Å². The molecule has 4 rings (SSSR count). The van der Waals surface area contributed by atoms with Crippen LogP contribution in [0, 0.1) is 0 Å². The van der Waals surface area contributed by atoms with Crippen molar-refractivity contribution in [1.82, 2.24) is 0 Å². The van der Waals surface area contributed by atoms with E-state index in [0.717, 1.165) is 40.0 Å². The molecular weight excluding hydrogens is 392 g/mol. The highest BCUT2D eigenvalue weighted by molar-refractivity contribution is 7.86. The van der Waals surface area contributed by atoms with E-state index < -0.39 is 10.1 Å². The second-order valence-corrected chi connectivity index (χ2v) is 9.12. The summed E-state index contributed by atoms with van der Waals surface area (Å²) >= 11 is 0. The summed E-state index contributed by atoms with van der Waals surface area (Å²) in [6, 6.07) is 8.86. The number of benzene rings is 2. The lowest BCUT2D eigenvalue weighted by molar-refractivity contribution is 0.158. The zero-order valence-corrected chi connectivity index (χ0v) is 17.5. The molecule has 2 aromatic carbocycles. The Bertz CT molecular complexity index is 1140. The second kappa shape index (κ2) is 6.84. The number of rotatable bonds is 4. The van der Waals surface area contributed by atoms with Gasteiger partial charge >= 0.3 is 10.1 Å². The molecule has 2 aliphatic rings. The van der Waals surface area contributed by atoms with Crippen molar-refractivity contribution in [3.63, 3.8) is 0 Å². The van der Waals surface area contributed by atoms with Crippen molar-refractivity contribution < 1.29 is 26.8 Å². The lowest BCUT2D eigenvalue weighted by Crippen LogP contribution is -2.27. The summed E-state index contributed by atoms with van der Waals surface area (Å²) in [6.45, 7) is 4.33. The van der Waals surface area contributed by atoms with Crippen LogP contribution in [0.2, 0.25) is 0 Å². The first-order valence-electron chi connectivity index (χ1n) is 9.12. The third-order valence-electron chi connectivity index (χ3n) is 4.68. The van der Waals surface area contributed by atoms with Crippen LogP contribution in [-0.2, 0) is 10.1 Å². The summed E-state index contributed by atoms with van der Waals surface area (Å²) in [7, 11) is -1.95. The van der Waals surface area contributed by atoms with Gasteiger partial charge in [0.2, 0.25) is 0 Å². The molecule has 0 bridgehead atoms. The van der Waals surface area contributed by atoms with Gasteiger partial charge in [-0.3, -0.25) is 0 Å². The summed E-state index contributed by atoms with van der Waals surface area (Å²) in [5, 5.41) is 0. The fraction of sp³-hybridized carbons (Fsp3) is 0.273. The van der Waals surface area contributed by atoms with Crippen molar-refractivity contribution >= 4 is 27.8 Å².